The Kier molecular flexibility index (Phi) is 6.58. The van der Waals surface area contributed by atoms with Gasteiger partial charge in [-0.25, -0.2) is 0 Å². The third-order valence-electron chi connectivity index (χ3n) is 2.51. The Morgan fingerprint density at radius 2 is 2.06 bits per heavy atom. The average Bonchev–Trinajstić information content (AvgIpc) is 2.37. The topological polar surface area (TPSA) is 24.5 Å². The van der Waals surface area contributed by atoms with Crippen LogP contribution in [0.3, 0.4) is 0 Å². The van der Waals surface area contributed by atoms with Gasteiger partial charge in [-0.2, -0.15) is 0 Å². The maximum Gasteiger partial charge on any atom is 0.168 e. The summed E-state index contributed by atoms with van der Waals surface area (Å²) in [6.45, 7) is 2.35. The molecule has 0 fully saturated rings. The number of nitrogens with zero attached hydrogens (tertiary/aromatic N) is 1. The predicted molar refractivity (Wildman–Crippen MR) is 75.3 cm³/mol. The molecule has 0 heterocycles. The number of thiocarbonyl (C=S) groups is 1. The van der Waals surface area contributed by atoms with Crippen molar-refractivity contribution in [1.82, 2.24) is 10.2 Å². The van der Waals surface area contributed by atoms with Crippen LogP contribution in [0.2, 0.25) is 0 Å². The van der Waals surface area contributed by atoms with E-state index in [0.29, 0.717) is 6.61 Å². The lowest BCUT2D eigenvalue weighted by molar-refractivity contribution is 0.203. The van der Waals surface area contributed by atoms with Crippen LogP contribution in [0.5, 0.6) is 0 Å². The number of ether oxygens (including phenoxy) is 1. The summed E-state index contributed by atoms with van der Waals surface area (Å²) in [7, 11) is 3.69. The van der Waals surface area contributed by atoms with Crippen LogP contribution in [0.15, 0.2) is 30.3 Å². The summed E-state index contributed by atoms with van der Waals surface area (Å²) in [5, 5.41) is 3.93. The molecule has 1 aromatic rings. The first-order valence-corrected chi connectivity index (χ1v) is 6.16. The van der Waals surface area contributed by atoms with Crippen molar-refractivity contribution in [2.75, 3.05) is 33.9 Å². The van der Waals surface area contributed by atoms with E-state index in [-0.39, 0.29) is 0 Å². The molecule has 0 atom stereocenters. The van der Waals surface area contributed by atoms with Crippen molar-refractivity contribution in [1.29, 1.82) is 0 Å². The monoisotopic (exact) mass is 252 g/mol. The molecule has 17 heavy (non-hydrogen) atoms. The Morgan fingerprint density at radius 3 is 2.71 bits per heavy atom. The highest BCUT2D eigenvalue weighted by atomic mass is 32.1. The fourth-order valence-electron chi connectivity index (χ4n) is 1.44. The van der Waals surface area contributed by atoms with E-state index in [1.54, 1.807) is 7.11 Å². The minimum atomic E-state index is 0.673. The molecule has 4 heteroatoms. The van der Waals surface area contributed by atoms with E-state index in [4.69, 9.17) is 17.0 Å². The molecule has 3 nitrogen and oxygen atoms in total. The minimum absolute atomic E-state index is 0.673. The van der Waals surface area contributed by atoms with Crippen LogP contribution in [0, 0.1) is 0 Å². The van der Waals surface area contributed by atoms with Gasteiger partial charge in [-0.05, 0) is 24.2 Å². The highest BCUT2D eigenvalue weighted by Crippen LogP contribution is 2.00. The molecule has 0 aliphatic heterocycles. The Hall–Kier alpha value is -1.13. The number of likely N-dealkylation sites (N-methyl/N-ethyl adjacent to an activating group) is 1. The van der Waals surface area contributed by atoms with E-state index < -0.39 is 0 Å². The van der Waals surface area contributed by atoms with Crippen molar-refractivity contribution in [3.05, 3.63) is 35.9 Å². The van der Waals surface area contributed by atoms with Crippen molar-refractivity contribution in [3.8, 4) is 0 Å². The van der Waals surface area contributed by atoms with Gasteiger partial charge in [0, 0.05) is 27.2 Å². The van der Waals surface area contributed by atoms with Gasteiger partial charge in [0.2, 0.25) is 0 Å². The number of rotatable bonds is 6. The fourth-order valence-corrected chi connectivity index (χ4v) is 1.63. The summed E-state index contributed by atoms with van der Waals surface area (Å²) in [5.74, 6) is 0. The lowest BCUT2D eigenvalue weighted by Crippen LogP contribution is -2.39. The van der Waals surface area contributed by atoms with Crippen LogP contribution in [0.25, 0.3) is 0 Å². The summed E-state index contributed by atoms with van der Waals surface area (Å²) >= 11 is 5.26. The van der Waals surface area contributed by atoms with Gasteiger partial charge in [0.1, 0.15) is 0 Å². The summed E-state index contributed by atoms with van der Waals surface area (Å²) < 4.78 is 4.96. The van der Waals surface area contributed by atoms with Gasteiger partial charge in [0.15, 0.2) is 5.11 Å². The van der Waals surface area contributed by atoms with Crippen molar-refractivity contribution in [3.63, 3.8) is 0 Å². The maximum atomic E-state index is 5.26. The van der Waals surface area contributed by atoms with Gasteiger partial charge in [0.25, 0.3) is 0 Å². The number of nitrogens with one attached hydrogen (secondary N) is 1. The molecule has 0 saturated heterocycles. The molecule has 1 N–H and O–H groups in total. The number of benzene rings is 1. The van der Waals surface area contributed by atoms with Crippen LogP contribution >= 0.6 is 12.2 Å². The van der Waals surface area contributed by atoms with Crippen molar-refractivity contribution in [2.45, 2.75) is 6.42 Å². The zero-order valence-electron chi connectivity index (χ0n) is 10.5. The lowest BCUT2D eigenvalue weighted by Gasteiger charge is -2.20. The average molecular weight is 252 g/mol. The molecule has 0 radical (unpaired) electrons. The summed E-state index contributed by atoms with van der Waals surface area (Å²) in [4.78, 5) is 2.05. The van der Waals surface area contributed by atoms with Crippen molar-refractivity contribution < 1.29 is 4.74 Å². The van der Waals surface area contributed by atoms with Gasteiger partial charge >= 0.3 is 0 Å². The van der Waals surface area contributed by atoms with Crippen LogP contribution in [-0.2, 0) is 11.2 Å². The lowest BCUT2D eigenvalue weighted by atomic mass is 10.1. The fraction of sp³-hybridized carbons (Fsp3) is 0.462. The molecular weight excluding hydrogens is 232 g/mol. The van der Waals surface area contributed by atoms with Gasteiger partial charge in [0.05, 0.1) is 6.61 Å². The highest BCUT2D eigenvalue weighted by molar-refractivity contribution is 7.80. The molecule has 0 amide bonds. The molecule has 0 spiro atoms. The first kappa shape index (κ1) is 13.9. The van der Waals surface area contributed by atoms with Crippen molar-refractivity contribution in [2.24, 2.45) is 0 Å². The first-order chi connectivity index (χ1) is 8.24. The predicted octanol–water partition coefficient (Wildman–Crippen LogP) is 1.68. The third-order valence-corrected chi connectivity index (χ3v) is 2.96. The second-order valence-corrected chi connectivity index (χ2v) is 4.27. The van der Waals surface area contributed by atoms with Crippen LogP contribution in [-0.4, -0.2) is 43.9 Å². The second-order valence-electron chi connectivity index (χ2n) is 3.88. The molecule has 0 aliphatic rings. The van der Waals surface area contributed by atoms with Gasteiger partial charge < -0.3 is 15.0 Å². The summed E-state index contributed by atoms with van der Waals surface area (Å²) in [6.07, 6.45) is 1.00. The minimum Gasteiger partial charge on any atom is -0.383 e. The van der Waals surface area contributed by atoms with Crippen molar-refractivity contribution >= 4 is 17.3 Å². The summed E-state index contributed by atoms with van der Waals surface area (Å²) in [6, 6.07) is 10.4. The Morgan fingerprint density at radius 1 is 1.35 bits per heavy atom. The van der Waals surface area contributed by atoms with Gasteiger partial charge in [-0.3, -0.25) is 0 Å². The zero-order chi connectivity index (χ0) is 12.5. The van der Waals surface area contributed by atoms with E-state index in [9.17, 15) is 0 Å². The third kappa shape index (κ3) is 5.65. The number of methoxy groups -OCH3 is 1. The van der Waals surface area contributed by atoms with E-state index in [1.807, 2.05) is 13.1 Å². The molecule has 94 valence electrons. The van der Waals surface area contributed by atoms with E-state index >= 15 is 0 Å². The molecule has 0 saturated carbocycles. The molecular formula is C13H20N2OS. The maximum absolute atomic E-state index is 5.26. The summed E-state index contributed by atoms with van der Waals surface area (Å²) in [5.41, 5.74) is 1.33. The normalized spacial score (nSPS) is 10.0. The molecule has 1 aromatic carbocycles. The second kappa shape index (κ2) is 8.03. The zero-order valence-corrected chi connectivity index (χ0v) is 11.3. The van der Waals surface area contributed by atoms with Gasteiger partial charge in [-0.1, -0.05) is 30.3 Å². The first-order valence-electron chi connectivity index (χ1n) is 5.76. The largest absolute Gasteiger partial charge is 0.383 e. The SMILES string of the molecule is COCCNC(=S)N(C)CCc1ccccc1. The van der Waals surface area contributed by atoms with Crippen LogP contribution in [0.1, 0.15) is 5.56 Å². The quantitative estimate of drug-likeness (QED) is 0.615. The molecule has 1 rings (SSSR count). The highest BCUT2D eigenvalue weighted by Gasteiger charge is 2.03. The molecule has 0 unspecified atom stereocenters. The Bertz CT molecular complexity index is 329. The van der Waals surface area contributed by atoms with E-state index in [0.717, 1.165) is 24.6 Å². The van der Waals surface area contributed by atoms with Crippen LogP contribution < -0.4 is 5.32 Å². The van der Waals surface area contributed by atoms with Gasteiger partial charge in [-0.15, -0.1) is 0 Å². The molecule has 0 bridgehead atoms. The Balaban J connectivity index is 2.24. The van der Waals surface area contributed by atoms with E-state index in [2.05, 4.69) is 34.5 Å². The molecule has 0 aliphatic carbocycles. The number of hydrogen-bond acceptors (Lipinski definition) is 2. The van der Waals surface area contributed by atoms with Crippen LogP contribution in [0.4, 0.5) is 0 Å². The number of hydrogen-bond donors (Lipinski definition) is 1. The molecule has 0 aromatic heterocycles. The van der Waals surface area contributed by atoms with E-state index in [1.165, 1.54) is 5.56 Å². The Labute approximate surface area is 109 Å². The smallest absolute Gasteiger partial charge is 0.168 e. The standard InChI is InChI=1S/C13H20N2OS/c1-15(13(17)14-9-11-16-2)10-8-12-6-4-3-5-7-12/h3-7H,8-11H2,1-2H3,(H,14,17).